The fraction of sp³-hybridized carbons (Fsp3) is 0.133. The van der Waals surface area contributed by atoms with Crippen LogP contribution in [-0.2, 0) is 0 Å². The molecule has 0 radical (unpaired) electrons. The Balaban J connectivity index is 1.94. The maximum Gasteiger partial charge on any atom is 0.257 e. The van der Waals surface area contributed by atoms with Crippen molar-refractivity contribution in [2.75, 3.05) is 24.3 Å². The number of aromatic nitrogens is 5. The van der Waals surface area contributed by atoms with Gasteiger partial charge >= 0.3 is 0 Å². The third kappa shape index (κ3) is 3.00. The van der Waals surface area contributed by atoms with Gasteiger partial charge in [-0.05, 0) is 28.6 Å². The summed E-state index contributed by atoms with van der Waals surface area (Å²) < 4.78 is 1.45. The van der Waals surface area contributed by atoms with Gasteiger partial charge in [0.05, 0.1) is 28.8 Å². The van der Waals surface area contributed by atoms with Crippen molar-refractivity contribution in [1.82, 2.24) is 25.2 Å². The van der Waals surface area contributed by atoms with Crippen LogP contribution in [0.3, 0.4) is 0 Å². The molecule has 0 aliphatic carbocycles. The molecule has 8 heteroatoms. The number of nitrogens with one attached hydrogen (secondary N) is 1. The molecule has 2 heterocycles. The van der Waals surface area contributed by atoms with Gasteiger partial charge in [0.2, 0.25) is 0 Å². The SMILES string of the molecule is CN(C)c1ccncc1NC(=O)c1ccccc1-n1cnnn1. The lowest BCUT2D eigenvalue weighted by molar-refractivity contribution is 0.102. The lowest BCUT2D eigenvalue weighted by atomic mass is 10.1. The number of nitrogens with zero attached hydrogens (tertiary/aromatic N) is 6. The summed E-state index contributed by atoms with van der Waals surface area (Å²) in [4.78, 5) is 18.6. The Morgan fingerprint density at radius 2 is 2.04 bits per heavy atom. The molecule has 0 aliphatic rings. The minimum Gasteiger partial charge on any atom is -0.376 e. The normalized spacial score (nSPS) is 10.3. The summed E-state index contributed by atoms with van der Waals surface area (Å²) in [6.45, 7) is 0. The van der Waals surface area contributed by atoms with Gasteiger partial charge in [-0.3, -0.25) is 9.78 Å². The fourth-order valence-corrected chi connectivity index (χ4v) is 2.20. The first-order chi connectivity index (χ1) is 11.2. The van der Waals surface area contributed by atoms with E-state index in [9.17, 15) is 4.79 Å². The van der Waals surface area contributed by atoms with Crippen LogP contribution in [0, 0.1) is 0 Å². The van der Waals surface area contributed by atoms with Crippen LogP contribution >= 0.6 is 0 Å². The summed E-state index contributed by atoms with van der Waals surface area (Å²) in [6, 6.07) is 8.95. The molecule has 23 heavy (non-hydrogen) atoms. The minimum atomic E-state index is -0.257. The van der Waals surface area contributed by atoms with E-state index in [1.807, 2.05) is 31.1 Å². The van der Waals surface area contributed by atoms with E-state index in [1.165, 1.54) is 11.0 Å². The maximum absolute atomic E-state index is 12.7. The Bertz CT molecular complexity index is 814. The molecule has 3 aromatic rings. The molecular formula is C15H15N7O. The average Bonchev–Trinajstić information content (AvgIpc) is 3.09. The van der Waals surface area contributed by atoms with Crippen molar-refractivity contribution in [1.29, 1.82) is 0 Å². The molecule has 0 atom stereocenters. The number of hydrogen-bond donors (Lipinski definition) is 1. The molecule has 116 valence electrons. The zero-order chi connectivity index (χ0) is 16.2. The molecule has 8 nitrogen and oxygen atoms in total. The van der Waals surface area contributed by atoms with Crippen molar-refractivity contribution < 1.29 is 4.79 Å². The Hall–Kier alpha value is -3.29. The first-order valence-corrected chi connectivity index (χ1v) is 6.92. The van der Waals surface area contributed by atoms with Crippen LogP contribution in [0.25, 0.3) is 5.69 Å². The predicted octanol–water partition coefficient (Wildman–Crippen LogP) is 1.38. The fourth-order valence-electron chi connectivity index (χ4n) is 2.20. The van der Waals surface area contributed by atoms with E-state index in [0.717, 1.165) is 5.69 Å². The number of tetrazole rings is 1. The van der Waals surface area contributed by atoms with Crippen LogP contribution in [0.1, 0.15) is 10.4 Å². The van der Waals surface area contributed by atoms with E-state index < -0.39 is 0 Å². The number of pyridine rings is 1. The third-order valence-corrected chi connectivity index (χ3v) is 3.27. The molecule has 1 amide bonds. The summed E-state index contributed by atoms with van der Waals surface area (Å²) in [6.07, 6.45) is 4.74. The summed E-state index contributed by atoms with van der Waals surface area (Å²) in [7, 11) is 3.81. The monoisotopic (exact) mass is 309 g/mol. The topological polar surface area (TPSA) is 88.8 Å². The molecule has 3 rings (SSSR count). The highest BCUT2D eigenvalue weighted by molar-refractivity contribution is 6.08. The van der Waals surface area contributed by atoms with Gasteiger partial charge in [0.25, 0.3) is 5.91 Å². The van der Waals surface area contributed by atoms with Gasteiger partial charge in [-0.1, -0.05) is 12.1 Å². The summed E-state index contributed by atoms with van der Waals surface area (Å²) in [5.41, 5.74) is 2.57. The minimum absolute atomic E-state index is 0.257. The zero-order valence-corrected chi connectivity index (χ0v) is 12.7. The number of rotatable bonds is 4. The molecule has 1 aromatic carbocycles. The van der Waals surface area contributed by atoms with Crippen LogP contribution in [-0.4, -0.2) is 45.2 Å². The van der Waals surface area contributed by atoms with Crippen LogP contribution in [0.5, 0.6) is 0 Å². The third-order valence-electron chi connectivity index (χ3n) is 3.27. The second-order valence-corrected chi connectivity index (χ2v) is 5.01. The number of hydrogen-bond acceptors (Lipinski definition) is 6. The summed E-state index contributed by atoms with van der Waals surface area (Å²) in [5.74, 6) is -0.257. The van der Waals surface area contributed by atoms with Crippen LogP contribution in [0.15, 0.2) is 49.1 Å². The van der Waals surface area contributed by atoms with Gasteiger partial charge in [-0.25, -0.2) is 0 Å². The molecular weight excluding hydrogens is 294 g/mol. The number of carbonyl (C=O) groups excluding carboxylic acids is 1. The smallest absolute Gasteiger partial charge is 0.257 e. The van der Waals surface area contributed by atoms with Crippen molar-refractivity contribution in [2.45, 2.75) is 0 Å². The van der Waals surface area contributed by atoms with Gasteiger partial charge in [0.15, 0.2) is 0 Å². The quantitative estimate of drug-likeness (QED) is 0.783. The van der Waals surface area contributed by atoms with Crippen molar-refractivity contribution in [3.63, 3.8) is 0 Å². The zero-order valence-electron chi connectivity index (χ0n) is 12.7. The Labute approximate surface area is 132 Å². The molecule has 0 saturated heterocycles. The van der Waals surface area contributed by atoms with Crippen molar-refractivity contribution in [2.24, 2.45) is 0 Å². The molecule has 0 unspecified atom stereocenters. The molecule has 0 bridgehead atoms. The van der Waals surface area contributed by atoms with Gasteiger partial charge in [0, 0.05) is 20.3 Å². The molecule has 2 aromatic heterocycles. The van der Waals surface area contributed by atoms with Gasteiger partial charge in [0.1, 0.15) is 6.33 Å². The molecule has 0 saturated carbocycles. The highest BCUT2D eigenvalue weighted by atomic mass is 16.1. The second-order valence-electron chi connectivity index (χ2n) is 5.01. The Morgan fingerprint density at radius 3 is 2.78 bits per heavy atom. The van der Waals surface area contributed by atoms with E-state index >= 15 is 0 Å². The van der Waals surface area contributed by atoms with E-state index in [-0.39, 0.29) is 5.91 Å². The number of carbonyl (C=O) groups is 1. The van der Waals surface area contributed by atoms with E-state index in [4.69, 9.17) is 0 Å². The van der Waals surface area contributed by atoms with Crippen molar-refractivity contribution >= 4 is 17.3 Å². The standard InChI is InChI=1S/C15H15N7O/c1-21(2)14-7-8-16-9-12(14)18-15(23)11-5-3-4-6-13(11)22-10-17-19-20-22/h3-10H,1-2H3,(H,18,23). The lowest BCUT2D eigenvalue weighted by Crippen LogP contribution is -2.18. The molecule has 0 fully saturated rings. The van der Waals surface area contributed by atoms with Crippen LogP contribution < -0.4 is 10.2 Å². The lowest BCUT2D eigenvalue weighted by Gasteiger charge is -2.17. The Morgan fingerprint density at radius 1 is 1.22 bits per heavy atom. The number of amides is 1. The van der Waals surface area contributed by atoms with Gasteiger partial charge < -0.3 is 10.2 Å². The maximum atomic E-state index is 12.7. The summed E-state index contributed by atoms with van der Waals surface area (Å²) >= 11 is 0. The van der Waals surface area contributed by atoms with E-state index in [1.54, 1.807) is 30.6 Å². The molecule has 0 spiro atoms. The number of para-hydroxylation sites is 1. The van der Waals surface area contributed by atoms with Crippen LogP contribution in [0.4, 0.5) is 11.4 Å². The van der Waals surface area contributed by atoms with Crippen molar-refractivity contribution in [3.8, 4) is 5.69 Å². The first-order valence-electron chi connectivity index (χ1n) is 6.92. The average molecular weight is 309 g/mol. The largest absolute Gasteiger partial charge is 0.376 e. The number of anilines is 2. The molecule has 0 aliphatic heterocycles. The van der Waals surface area contributed by atoms with Gasteiger partial charge in [-0.2, -0.15) is 4.68 Å². The second kappa shape index (κ2) is 6.22. The van der Waals surface area contributed by atoms with Crippen molar-refractivity contribution in [3.05, 3.63) is 54.6 Å². The highest BCUT2D eigenvalue weighted by Crippen LogP contribution is 2.23. The Kier molecular flexibility index (Phi) is 3.96. The van der Waals surface area contributed by atoms with E-state index in [2.05, 4.69) is 25.8 Å². The van der Waals surface area contributed by atoms with Gasteiger partial charge in [-0.15, -0.1) is 5.10 Å². The van der Waals surface area contributed by atoms with Crippen LogP contribution in [0.2, 0.25) is 0 Å². The summed E-state index contributed by atoms with van der Waals surface area (Å²) in [5, 5.41) is 13.9. The molecule has 1 N–H and O–H groups in total. The van der Waals surface area contributed by atoms with E-state index in [0.29, 0.717) is 16.9 Å². The highest BCUT2D eigenvalue weighted by Gasteiger charge is 2.15. The first kappa shape index (κ1) is 14.6. The number of benzene rings is 1. The predicted molar refractivity (Wildman–Crippen MR) is 85.7 cm³/mol.